The van der Waals surface area contributed by atoms with Gasteiger partial charge in [-0.3, -0.25) is 4.79 Å². The van der Waals surface area contributed by atoms with Gasteiger partial charge in [-0.2, -0.15) is 0 Å². The van der Waals surface area contributed by atoms with Crippen molar-refractivity contribution in [2.24, 2.45) is 0 Å². The molecule has 6 heteroatoms. The molecule has 0 atom stereocenters. The molecule has 5 nitrogen and oxygen atoms in total. The van der Waals surface area contributed by atoms with Crippen molar-refractivity contribution >= 4 is 28.2 Å². The van der Waals surface area contributed by atoms with Crippen molar-refractivity contribution in [2.45, 2.75) is 32.9 Å². The van der Waals surface area contributed by atoms with Crippen molar-refractivity contribution in [3.8, 4) is 0 Å². The van der Waals surface area contributed by atoms with E-state index in [4.69, 9.17) is 12.2 Å². The maximum absolute atomic E-state index is 12.8. The fraction of sp³-hybridized carbons (Fsp3) is 0.360. The molecule has 3 aromatic rings. The lowest BCUT2D eigenvalue weighted by Crippen LogP contribution is -2.40. The minimum atomic E-state index is -0.0646. The van der Waals surface area contributed by atoms with E-state index in [0.29, 0.717) is 23.8 Å². The Kier molecular flexibility index (Phi) is 8.20. The van der Waals surface area contributed by atoms with E-state index in [9.17, 15) is 4.79 Å². The molecule has 0 aliphatic heterocycles. The number of nitrogens with one attached hydrogen (secondary N) is 2. The SMILES string of the molecule is CCc1ccc2[nH]c(=O)c(CN(Cc3ccccc3)C(=S)NCCCN(C)C)cc2c1. The van der Waals surface area contributed by atoms with Crippen molar-refractivity contribution in [2.75, 3.05) is 27.2 Å². The fourth-order valence-corrected chi connectivity index (χ4v) is 3.78. The quantitative estimate of drug-likeness (QED) is 0.393. The highest BCUT2D eigenvalue weighted by molar-refractivity contribution is 7.80. The normalized spacial score (nSPS) is 11.1. The number of thiocarbonyl (C=S) groups is 1. The summed E-state index contributed by atoms with van der Waals surface area (Å²) in [5.74, 6) is 0. The van der Waals surface area contributed by atoms with Crippen LogP contribution in [0.2, 0.25) is 0 Å². The Morgan fingerprint density at radius 1 is 1.03 bits per heavy atom. The molecule has 31 heavy (non-hydrogen) atoms. The van der Waals surface area contributed by atoms with Crippen LogP contribution in [0.5, 0.6) is 0 Å². The third-order valence-electron chi connectivity index (χ3n) is 5.32. The third-order valence-corrected chi connectivity index (χ3v) is 5.72. The van der Waals surface area contributed by atoms with Crippen molar-refractivity contribution in [1.82, 2.24) is 20.1 Å². The van der Waals surface area contributed by atoms with Crippen LogP contribution in [0.15, 0.2) is 59.4 Å². The number of H-pyrrole nitrogens is 1. The van der Waals surface area contributed by atoms with E-state index in [-0.39, 0.29) is 5.56 Å². The molecule has 164 valence electrons. The highest BCUT2D eigenvalue weighted by Gasteiger charge is 2.14. The lowest BCUT2D eigenvalue weighted by Gasteiger charge is -2.26. The van der Waals surface area contributed by atoms with Gasteiger partial charge in [-0.15, -0.1) is 0 Å². The van der Waals surface area contributed by atoms with Crippen LogP contribution in [0.1, 0.15) is 30.0 Å². The number of rotatable bonds is 9. The van der Waals surface area contributed by atoms with Crippen LogP contribution in [0.3, 0.4) is 0 Å². The molecule has 0 spiro atoms. The highest BCUT2D eigenvalue weighted by Crippen LogP contribution is 2.16. The monoisotopic (exact) mass is 436 g/mol. The van der Waals surface area contributed by atoms with Crippen LogP contribution >= 0.6 is 12.2 Å². The van der Waals surface area contributed by atoms with E-state index in [1.165, 1.54) is 5.56 Å². The molecule has 0 saturated heterocycles. The second-order valence-corrected chi connectivity index (χ2v) is 8.52. The number of aromatic nitrogens is 1. The minimum absolute atomic E-state index is 0.0646. The maximum Gasteiger partial charge on any atom is 0.253 e. The van der Waals surface area contributed by atoms with Gasteiger partial charge in [-0.05, 0) is 80.4 Å². The number of pyridine rings is 1. The molecular formula is C25H32N4OS. The van der Waals surface area contributed by atoms with Crippen molar-refractivity contribution < 1.29 is 0 Å². The molecule has 0 amide bonds. The summed E-state index contributed by atoms with van der Waals surface area (Å²) in [7, 11) is 4.13. The Hall–Kier alpha value is -2.70. The number of aryl methyl sites for hydroxylation is 1. The van der Waals surface area contributed by atoms with Crippen molar-refractivity contribution in [3.05, 3.63) is 81.6 Å². The summed E-state index contributed by atoms with van der Waals surface area (Å²) in [5, 5.41) is 5.10. The molecule has 1 aromatic heterocycles. The molecule has 1 heterocycles. The average Bonchev–Trinajstić information content (AvgIpc) is 2.76. The summed E-state index contributed by atoms with van der Waals surface area (Å²) in [5.41, 5.74) is 3.93. The van der Waals surface area contributed by atoms with Crippen molar-refractivity contribution in [1.29, 1.82) is 0 Å². The van der Waals surface area contributed by atoms with E-state index >= 15 is 0 Å². The number of hydrogen-bond donors (Lipinski definition) is 2. The molecule has 0 radical (unpaired) electrons. The molecular weight excluding hydrogens is 404 g/mol. The predicted molar refractivity (Wildman–Crippen MR) is 133 cm³/mol. The molecule has 2 aromatic carbocycles. The van der Waals surface area contributed by atoms with Gasteiger partial charge in [0.2, 0.25) is 0 Å². The molecule has 0 aliphatic rings. The summed E-state index contributed by atoms with van der Waals surface area (Å²) in [6, 6.07) is 18.4. The van der Waals surface area contributed by atoms with Gasteiger partial charge in [0.05, 0.1) is 6.54 Å². The number of fused-ring (bicyclic) bond motifs is 1. The zero-order chi connectivity index (χ0) is 22.2. The van der Waals surface area contributed by atoms with Crippen LogP contribution in [0, 0.1) is 0 Å². The second kappa shape index (κ2) is 11.1. The first-order chi connectivity index (χ1) is 15.0. The predicted octanol–water partition coefficient (Wildman–Crippen LogP) is 3.92. The number of aromatic amines is 1. The molecule has 3 rings (SSSR count). The molecule has 2 N–H and O–H groups in total. The van der Waals surface area contributed by atoms with Gasteiger partial charge in [-0.25, -0.2) is 0 Å². The Morgan fingerprint density at radius 2 is 1.81 bits per heavy atom. The smallest absolute Gasteiger partial charge is 0.253 e. The zero-order valence-electron chi connectivity index (χ0n) is 18.6. The molecule has 0 unspecified atom stereocenters. The summed E-state index contributed by atoms with van der Waals surface area (Å²) in [6.45, 7) is 5.03. The lowest BCUT2D eigenvalue weighted by molar-refractivity contribution is 0.383. The second-order valence-electron chi connectivity index (χ2n) is 8.13. The van der Waals surface area contributed by atoms with E-state index in [0.717, 1.165) is 42.4 Å². The molecule has 0 fully saturated rings. The van der Waals surface area contributed by atoms with Crippen molar-refractivity contribution in [3.63, 3.8) is 0 Å². The molecule has 0 saturated carbocycles. The topological polar surface area (TPSA) is 51.4 Å². The van der Waals surface area contributed by atoms with Gasteiger partial charge >= 0.3 is 0 Å². The average molecular weight is 437 g/mol. The molecule has 0 aliphatic carbocycles. The van der Waals surface area contributed by atoms with Gasteiger partial charge in [0.15, 0.2) is 5.11 Å². The third kappa shape index (κ3) is 6.64. The largest absolute Gasteiger partial charge is 0.363 e. The Morgan fingerprint density at radius 3 is 2.52 bits per heavy atom. The fourth-order valence-electron chi connectivity index (χ4n) is 3.55. The zero-order valence-corrected chi connectivity index (χ0v) is 19.5. The number of benzene rings is 2. The van der Waals surface area contributed by atoms with Crippen LogP contribution in [0.25, 0.3) is 10.9 Å². The van der Waals surface area contributed by atoms with E-state index in [1.807, 2.05) is 30.3 Å². The summed E-state index contributed by atoms with van der Waals surface area (Å²) in [6.07, 6.45) is 1.97. The molecule has 0 bridgehead atoms. The maximum atomic E-state index is 12.8. The van der Waals surface area contributed by atoms with Gasteiger partial charge in [0.1, 0.15) is 0 Å². The minimum Gasteiger partial charge on any atom is -0.363 e. The first-order valence-corrected chi connectivity index (χ1v) is 11.2. The summed E-state index contributed by atoms with van der Waals surface area (Å²) in [4.78, 5) is 20.0. The van der Waals surface area contributed by atoms with Crippen LogP contribution < -0.4 is 10.9 Å². The summed E-state index contributed by atoms with van der Waals surface area (Å²) < 4.78 is 0. The standard InChI is InChI=1S/C25H32N4OS/c1-4-19-11-12-23-21(15-19)16-22(24(30)27-23)18-29(17-20-9-6-5-7-10-20)25(31)26-13-8-14-28(2)3/h5-7,9-12,15-16H,4,8,13-14,17-18H2,1-3H3,(H,26,31)(H,27,30). The number of nitrogens with zero attached hydrogens (tertiary/aromatic N) is 2. The Balaban J connectivity index is 1.82. The van der Waals surface area contributed by atoms with Gasteiger partial charge in [0.25, 0.3) is 5.56 Å². The van der Waals surface area contributed by atoms with E-state index in [1.54, 1.807) is 0 Å². The van der Waals surface area contributed by atoms with Gasteiger partial charge in [0, 0.05) is 24.2 Å². The van der Waals surface area contributed by atoms with Gasteiger partial charge in [-0.1, -0.05) is 43.3 Å². The first kappa shape index (κ1) is 23.0. The number of hydrogen-bond acceptors (Lipinski definition) is 3. The highest BCUT2D eigenvalue weighted by atomic mass is 32.1. The Labute approximate surface area is 190 Å². The van der Waals surface area contributed by atoms with Crippen LogP contribution in [-0.4, -0.2) is 47.1 Å². The van der Waals surface area contributed by atoms with E-state index < -0.39 is 0 Å². The summed E-state index contributed by atoms with van der Waals surface area (Å²) >= 11 is 5.72. The lowest BCUT2D eigenvalue weighted by atomic mass is 10.1. The van der Waals surface area contributed by atoms with Crippen LogP contribution in [0.4, 0.5) is 0 Å². The van der Waals surface area contributed by atoms with Gasteiger partial charge < -0.3 is 20.1 Å². The van der Waals surface area contributed by atoms with Crippen LogP contribution in [-0.2, 0) is 19.5 Å². The first-order valence-electron chi connectivity index (χ1n) is 10.8. The van der Waals surface area contributed by atoms with E-state index in [2.05, 4.69) is 65.4 Å². The Bertz CT molecular complexity index is 1060.